The van der Waals surface area contributed by atoms with E-state index in [1.807, 2.05) is 0 Å². The number of halogens is 1. The molecule has 0 aliphatic heterocycles. The number of alkyl halides is 1. The first kappa shape index (κ1) is 8.96. The number of hydrogen-bond acceptors (Lipinski definition) is 1. The van der Waals surface area contributed by atoms with Gasteiger partial charge in [-0.1, -0.05) is 0 Å². The Morgan fingerprint density at radius 3 is 1.50 bits per heavy atom. The molecular formula is C2H5FO3. The zero-order valence-electron chi connectivity index (χ0n) is 3.18. The molecule has 0 saturated heterocycles. The molecule has 0 radical (unpaired) electrons. The van der Waals surface area contributed by atoms with Crippen LogP contribution in [0.3, 0.4) is 0 Å². The molecule has 4 heteroatoms. The first-order chi connectivity index (χ1) is 2.73. The fourth-order valence-corrected chi connectivity index (χ4v) is 0. The van der Waals surface area contributed by atoms with E-state index in [2.05, 4.69) is 0 Å². The van der Waals surface area contributed by atoms with Gasteiger partial charge in [-0.15, -0.1) is 0 Å². The van der Waals surface area contributed by atoms with Gasteiger partial charge in [-0.05, 0) is 0 Å². The van der Waals surface area contributed by atoms with Gasteiger partial charge in [0.2, 0.25) is 0 Å². The lowest BCUT2D eigenvalue weighted by molar-refractivity contribution is 0.137. The Balaban J connectivity index is 0. The SMILES string of the molecule is CF.O=C(O)O. The normalized spacial score (nSPS) is 5.00. The van der Waals surface area contributed by atoms with Crippen LogP contribution in [-0.4, -0.2) is 23.5 Å². The topological polar surface area (TPSA) is 57.5 Å². The maximum Gasteiger partial charge on any atom is 0.503 e. The minimum atomic E-state index is -1.83. The molecule has 3 nitrogen and oxygen atoms in total. The molecule has 0 saturated carbocycles. The molecule has 0 aromatic carbocycles. The van der Waals surface area contributed by atoms with Crippen LogP contribution in [0.5, 0.6) is 0 Å². The Morgan fingerprint density at radius 1 is 1.50 bits per heavy atom. The Morgan fingerprint density at radius 2 is 1.50 bits per heavy atom. The fraction of sp³-hybridized carbons (Fsp3) is 0.500. The average molecular weight is 96.1 g/mol. The number of carbonyl (C=O) groups is 1. The molecule has 0 aromatic rings. The van der Waals surface area contributed by atoms with Gasteiger partial charge in [0, 0.05) is 0 Å². The highest BCUT2D eigenvalue weighted by molar-refractivity contribution is 5.53. The highest BCUT2D eigenvalue weighted by Gasteiger charge is 1.70. The summed E-state index contributed by atoms with van der Waals surface area (Å²) in [5.74, 6) is 0. The summed E-state index contributed by atoms with van der Waals surface area (Å²) in [4.78, 5) is 8.56. The molecule has 0 aliphatic carbocycles. The molecule has 0 unspecified atom stereocenters. The van der Waals surface area contributed by atoms with Crippen molar-refractivity contribution in [1.82, 2.24) is 0 Å². The lowest BCUT2D eigenvalue weighted by Crippen LogP contribution is -1.81. The summed E-state index contributed by atoms with van der Waals surface area (Å²) in [6.07, 6.45) is -1.83. The van der Waals surface area contributed by atoms with Gasteiger partial charge < -0.3 is 10.2 Å². The van der Waals surface area contributed by atoms with Crippen molar-refractivity contribution in [1.29, 1.82) is 0 Å². The summed E-state index contributed by atoms with van der Waals surface area (Å²) in [6, 6.07) is 0. The zero-order chi connectivity index (χ0) is 5.58. The van der Waals surface area contributed by atoms with Crippen LogP contribution in [0.4, 0.5) is 9.18 Å². The number of hydrogen-bond donors (Lipinski definition) is 2. The molecule has 0 fully saturated rings. The van der Waals surface area contributed by atoms with Crippen LogP contribution in [0.2, 0.25) is 0 Å². The quantitative estimate of drug-likeness (QED) is 0.469. The van der Waals surface area contributed by atoms with Gasteiger partial charge in [0.15, 0.2) is 0 Å². The van der Waals surface area contributed by atoms with Crippen molar-refractivity contribution in [2.24, 2.45) is 0 Å². The van der Waals surface area contributed by atoms with E-state index in [1.165, 1.54) is 0 Å². The minimum absolute atomic E-state index is 0.500. The van der Waals surface area contributed by atoms with Crippen LogP contribution >= 0.6 is 0 Å². The summed E-state index contributed by atoms with van der Waals surface area (Å²) in [5, 5.41) is 13.9. The van der Waals surface area contributed by atoms with Crippen molar-refractivity contribution in [2.45, 2.75) is 0 Å². The van der Waals surface area contributed by atoms with Crippen molar-refractivity contribution in [3.8, 4) is 0 Å². The van der Waals surface area contributed by atoms with Crippen LogP contribution in [0.15, 0.2) is 0 Å². The van der Waals surface area contributed by atoms with E-state index >= 15 is 0 Å². The predicted octanol–water partition coefficient (Wildman–Crippen LogP) is 0.808. The van der Waals surface area contributed by atoms with Crippen LogP contribution in [0, 0.1) is 0 Å². The van der Waals surface area contributed by atoms with E-state index in [0.29, 0.717) is 7.18 Å². The van der Waals surface area contributed by atoms with E-state index in [4.69, 9.17) is 15.0 Å². The summed E-state index contributed by atoms with van der Waals surface area (Å²) in [5.41, 5.74) is 0. The molecule has 0 spiro atoms. The average Bonchev–Trinajstić information content (AvgIpc) is 1.41. The monoisotopic (exact) mass is 96.0 g/mol. The minimum Gasteiger partial charge on any atom is -0.450 e. The van der Waals surface area contributed by atoms with Crippen molar-refractivity contribution < 1.29 is 19.4 Å². The smallest absolute Gasteiger partial charge is 0.450 e. The van der Waals surface area contributed by atoms with E-state index in [1.54, 1.807) is 0 Å². The molecule has 0 amide bonds. The highest BCUT2D eigenvalue weighted by Crippen LogP contribution is 1.42. The van der Waals surface area contributed by atoms with E-state index in [9.17, 15) is 4.39 Å². The van der Waals surface area contributed by atoms with Crippen molar-refractivity contribution in [3.63, 3.8) is 0 Å². The number of rotatable bonds is 0. The maximum absolute atomic E-state index is 9.50. The molecule has 0 atom stereocenters. The molecular weight excluding hydrogens is 91.0 g/mol. The Bertz CT molecular complexity index is 31.8. The van der Waals surface area contributed by atoms with E-state index in [-0.39, 0.29) is 0 Å². The molecule has 6 heavy (non-hydrogen) atoms. The first-order valence-corrected chi connectivity index (χ1v) is 1.03. The van der Waals surface area contributed by atoms with Crippen LogP contribution < -0.4 is 0 Å². The molecule has 0 bridgehead atoms. The van der Waals surface area contributed by atoms with Crippen LogP contribution in [0.25, 0.3) is 0 Å². The summed E-state index contributed by atoms with van der Waals surface area (Å²) in [6.45, 7) is 0. The lowest BCUT2D eigenvalue weighted by atomic mass is 11.5. The summed E-state index contributed by atoms with van der Waals surface area (Å²) >= 11 is 0. The van der Waals surface area contributed by atoms with Gasteiger partial charge in [0.1, 0.15) is 0 Å². The van der Waals surface area contributed by atoms with Gasteiger partial charge in [-0.3, -0.25) is 4.39 Å². The lowest BCUT2D eigenvalue weighted by Gasteiger charge is -1.60. The highest BCUT2D eigenvalue weighted by atomic mass is 19.1. The summed E-state index contributed by atoms with van der Waals surface area (Å²) in [7, 11) is 0.500. The van der Waals surface area contributed by atoms with Gasteiger partial charge in [0.05, 0.1) is 7.18 Å². The van der Waals surface area contributed by atoms with E-state index < -0.39 is 6.16 Å². The van der Waals surface area contributed by atoms with Gasteiger partial charge in [-0.2, -0.15) is 0 Å². The molecule has 0 aliphatic rings. The van der Waals surface area contributed by atoms with Gasteiger partial charge in [-0.25, -0.2) is 4.79 Å². The fourth-order valence-electron chi connectivity index (χ4n) is 0. The Labute approximate surface area is 34.0 Å². The number of carboxylic acid groups (broad SMARTS) is 2. The molecule has 0 rings (SSSR count). The third-order valence-corrected chi connectivity index (χ3v) is 0. The zero-order valence-corrected chi connectivity index (χ0v) is 3.18. The van der Waals surface area contributed by atoms with Crippen molar-refractivity contribution >= 4 is 6.16 Å². The largest absolute Gasteiger partial charge is 0.503 e. The molecule has 2 N–H and O–H groups in total. The van der Waals surface area contributed by atoms with E-state index in [0.717, 1.165) is 0 Å². The second kappa shape index (κ2) is 8.89. The van der Waals surface area contributed by atoms with Crippen molar-refractivity contribution in [2.75, 3.05) is 7.18 Å². The van der Waals surface area contributed by atoms with Gasteiger partial charge in [0.25, 0.3) is 0 Å². The van der Waals surface area contributed by atoms with Crippen LogP contribution in [0.1, 0.15) is 0 Å². The second-order valence-corrected chi connectivity index (χ2v) is 0.283. The maximum atomic E-state index is 9.50. The Hall–Kier alpha value is -0.800. The summed E-state index contributed by atoms with van der Waals surface area (Å²) < 4.78 is 9.50. The van der Waals surface area contributed by atoms with Gasteiger partial charge >= 0.3 is 6.16 Å². The first-order valence-electron chi connectivity index (χ1n) is 1.03. The second-order valence-electron chi connectivity index (χ2n) is 0.283. The third kappa shape index (κ3) is 24.2. The van der Waals surface area contributed by atoms with Crippen LogP contribution in [-0.2, 0) is 0 Å². The van der Waals surface area contributed by atoms with Crippen molar-refractivity contribution in [3.05, 3.63) is 0 Å². The molecule has 0 heterocycles. The third-order valence-electron chi connectivity index (χ3n) is 0. The molecule has 0 aromatic heterocycles. The predicted molar refractivity (Wildman–Crippen MR) is 17.7 cm³/mol. The Kier molecular flexibility index (Phi) is 13.3. The molecule has 38 valence electrons. The standard InChI is InChI=1S/CH3F.CH2O3/c1-2;2-1(3)4/h1H3;(H2,2,3,4).